The van der Waals surface area contributed by atoms with Crippen molar-refractivity contribution in [2.24, 2.45) is 0 Å². The molecule has 0 saturated carbocycles. The second kappa shape index (κ2) is 8.64. The van der Waals surface area contributed by atoms with E-state index in [1.807, 2.05) is 20.8 Å². The SMILES string of the molecule is Cc1ccc(S(=O)(=O)CCC(=O)OCC(=O)N2C[C@@H](C)O[C@@H](C)C2)cc1. The van der Waals surface area contributed by atoms with Gasteiger partial charge in [-0.15, -0.1) is 0 Å². The largest absolute Gasteiger partial charge is 0.456 e. The van der Waals surface area contributed by atoms with Gasteiger partial charge in [0.1, 0.15) is 0 Å². The summed E-state index contributed by atoms with van der Waals surface area (Å²) in [6.07, 6.45) is -0.435. The predicted molar refractivity (Wildman–Crippen MR) is 95.4 cm³/mol. The number of morpholine rings is 1. The molecule has 144 valence electrons. The maximum atomic E-state index is 12.2. The highest BCUT2D eigenvalue weighted by atomic mass is 32.2. The minimum Gasteiger partial charge on any atom is -0.456 e. The average molecular weight is 383 g/mol. The Balaban J connectivity index is 1.79. The predicted octanol–water partition coefficient (Wildman–Crippen LogP) is 1.34. The van der Waals surface area contributed by atoms with Crippen LogP contribution < -0.4 is 0 Å². The molecule has 1 fully saturated rings. The van der Waals surface area contributed by atoms with Crippen molar-refractivity contribution in [1.82, 2.24) is 4.90 Å². The highest BCUT2D eigenvalue weighted by Gasteiger charge is 2.26. The molecular weight excluding hydrogens is 358 g/mol. The van der Waals surface area contributed by atoms with E-state index in [1.54, 1.807) is 17.0 Å². The number of carbonyl (C=O) groups excluding carboxylic acids is 2. The van der Waals surface area contributed by atoms with Crippen LogP contribution in [0.1, 0.15) is 25.8 Å². The third-order valence-corrected chi connectivity index (χ3v) is 5.82. The van der Waals surface area contributed by atoms with Gasteiger partial charge in [-0.25, -0.2) is 8.42 Å². The fourth-order valence-corrected chi connectivity index (χ4v) is 3.99. The summed E-state index contributed by atoms with van der Waals surface area (Å²) in [7, 11) is -3.56. The van der Waals surface area contributed by atoms with E-state index in [0.29, 0.717) is 13.1 Å². The van der Waals surface area contributed by atoms with Crippen LogP contribution in [0.3, 0.4) is 0 Å². The molecule has 1 saturated heterocycles. The molecule has 0 N–H and O–H groups in total. The van der Waals surface area contributed by atoms with E-state index in [1.165, 1.54) is 12.1 Å². The molecule has 1 amide bonds. The minimum absolute atomic E-state index is 0.0712. The lowest BCUT2D eigenvalue weighted by Crippen LogP contribution is -2.49. The number of amides is 1. The van der Waals surface area contributed by atoms with Crippen LogP contribution in [0.5, 0.6) is 0 Å². The first-order chi connectivity index (χ1) is 12.2. The van der Waals surface area contributed by atoms with Crippen molar-refractivity contribution < 1.29 is 27.5 Å². The number of esters is 1. The number of hydrogen-bond acceptors (Lipinski definition) is 6. The van der Waals surface area contributed by atoms with E-state index in [9.17, 15) is 18.0 Å². The molecule has 8 heteroatoms. The summed E-state index contributed by atoms with van der Waals surface area (Å²) < 4.78 is 34.9. The molecule has 0 aliphatic carbocycles. The monoisotopic (exact) mass is 383 g/mol. The quantitative estimate of drug-likeness (QED) is 0.689. The zero-order chi connectivity index (χ0) is 19.3. The van der Waals surface area contributed by atoms with Crippen LogP contribution in [-0.2, 0) is 28.9 Å². The molecule has 1 aromatic carbocycles. The minimum atomic E-state index is -3.56. The fourth-order valence-electron chi connectivity index (χ4n) is 2.77. The van der Waals surface area contributed by atoms with Crippen molar-refractivity contribution in [3.63, 3.8) is 0 Å². The zero-order valence-corrected chi connectivity index (χ0v) is 16.1. The molecule has 26 heavy (non-hydrogen) atoms. The molecule has 0 spiro atoms. The summed E-state index contributed by atoms with van der Waals surface area (Å²) in [6.45, 7) is 6.12. The molecule has 0 radical (unpaired) electrons. The number of aryl methyl sites for hydroxylation is 1. The van der Waals surface area contributed by atoms with Gasteiger partial charge in [-0.1, -0.05) is 17.7 Å². The summed E-state index contributed by atoms with van der Waals surface area (Å²) in [5.74, 6) is -1.36. The van der Waals surface area contributed by atoms with Crippen molar-refractivity contribution in [2.45, 2.75) is 44.3 Å². The molecule has 2 atom stereocenters. The molecule has 0 unspecified atom stereocenters. The molecule has 1 aliphatic heterocycles. The van der Waals surface area contributed by atoms with Crippen LogP contribution in [-0.4, -0.2) is 62.9 Å². The van der Waals surface area contributed by atoms with E-state index < -0.39 is 15.8 Å². The number of hydrogen-bond donors (Lipinski definition) is 0. The topological polar surface area (TPSA) is 90.0 Å². The van der Waals surface area contributed by atoms with E-state index in [0.717, 1.165) is 5.56 Å². The third kappa shape index (κ3) is 5.81. The standard InChI is InChI=1S/C18H25NO6S/c1-13-4-6-16(7-5-13)26(22,23)9-8-18(21)24-12-17(20)19-10-14(2)25-15(3)11-19/h4-7,14-15H,8-12H2,1-3H3/t14-,15+. The van der Waals surface area contributed by atoms with Crippen molar-refractivity contribution in [3.05, 3.63) is 29.8 Å². The lowest BCUT2D eigenvalue weighted by molar-refractivity contribution is -0.156. The molecule has 0 bridgehead atoms. The van der Waals surface area contributed by atoms with E-state index in [2.05, 4.69) is 0 Å². The Labute approximate surface area is 154 Å². The molecular formula is C18H25NO6S. The van der Waals surface area contributed by atoms with E-state index in [-0.39, 0.29) is 41.8 Å². The maximum absolute atomic E-state index is 12.2. The summed E-state index contributed by atoms with van der Waals surface area (Å²) >= 11 is 0. The molecule has 1 aromatic rings. The number of ether oxygens (including phenoxy) is 2. The van der Waals surface area contributed by atoms with Gasteiger partial charge >= 0.3 is 5.97 Å². The summed E-state index contributed by atoms with van der Waals surface area (Å²) in [6, 6.07) is 6.43. The first kappa shape index (κ1) is 20.4. The first-order valence-corrected chi connectivity index (χ1v) is 10.2. The Morgan fingerprint density at radius 1 is 1.15 bits per heavy atom. The Hall–Kier alpha value is -1.93. The van der Waals surface area contributed by atoms with Gasteiger partial charge < -0.3 is 14.4 Å². The summed E-state index contributed by atoms with van der Waals surface area (Å²) in [5.41, 5.74) is 0.952. The van der Waals surface area contributed by atoms with Gasteiger partial charge in [-0.2, -0.15) is 0 Å². The summed E-state index contributed by atoms with van der Waals surface area (Å²) in [5, 5.41) is 0. The second-order valence-electron chi connectivity index (χ2n) is 6.60. The molecule has 2 rings (SSSR count). The number of carbonyl (C=O) groups is 2. The molecule has 1 aliphatic rings. The maximum Gasteiger partial charge on any atom is 0.307 e. The Bertz CT molecular complexity index is 733. The lowest BCUT2D eigenvalue weighted by atomic mass is 10.2. The first-order valence-electron chi connectivity index (χ1n) is 8.55. The smallest absolute Gasteiger partial charge is 0.307 e. The van der Waals surface area contributed by atoms with Crippen LogP contribution in [0, 0.1) is 6.92 Å². The van der Waals surface area contributed by atoms with Gasteiger partial charge in [0.05, 0.1) is 29.3 Å². The van der Waals surface area contributed by atoms with E-state index >= 15 is 0 Å². The van der Waals surface area contributed by atoms with Crippen molar-refractivity contribution in [2.75, 3.05) is 25.4 Å². The molecule has 1 heterocycles. The van der Waals surface area contributed by atoms with Crippen LogP contribution in [0.15, 0.2) is 29.2 Å². The second-order valence-corrected chi connectivity index (χ2v) is 8.71. The molecule has 0 aromatic heterocycles. The van der Waals surface area contributed by atoms with Crippen molar-refractivity contribution >= 4 is 21.7 Å². The van der Waals surface area contributed by atoms with Gasteiger partial charge in [-0.3, -0.25) is 9.59 Å². The van der Waals surface area contributed by atoms with Gasteiger partial charge in [0.2, 0.25) is 0 Å². The number of sulfone groups is 1. The normalized spacial score (nSPS) is 20.7. The van der Waals surface area contributed by atoms with Gasteiger partial charge in [0, 0.05) is 13.1 Å². The van der Waals surface area contributed by atoms with Gasteiger partial charge in [0.15, 0.2) is 16.4 Å². The van der Waals surface area contributed by atoms with Crippen LogP contribution in [0.25, 0.3) is 0 Å². The Morgan fingerprint density at radius 3 is 2.31 bits per heavy atom. The fraction of sp³-hybridized carbons (Fsp3) is 0.556. The lowest BCUT2D eigenvalue weighted by Gasteiger charge is -2.35. The highest BCUT2D eigenvalue weighted by molar-refractivity contribution is 7.91. The number of nitrogens with zero attached hydrogens (tertiary/aromatic N) is 1. The Kier molecular flexibility index (Phi) is 6.77. The number of benzene rings is 1. The summed E-state index contributed by atoms with van der Waals surface area (Å²) in [4.78, 5) is 25.7. The molecule has 7 nitrogen and oxygen atoms in total. The van der Waals surface area contributed by atoms with Gasteiger partial charge in [0.25, 0.3) is 5.91 Å². The van der Waals surface area contributed by atoms with Crippen molar-refractivity contribution in [3.8, 4) is 0 Å². The van der Waals surface area contributed by atoms with E-state index in [4.69, 9.17) is 9.47 Å². The average Bonchev–Trinajstić information content (AvgIpc) is 2.57. The zero-order valence-electron chi connectivity index (χ0n) is 15.3. The van der Waals surface area contributed by atoms with Crippen LogP contribution in [0.2, 0.25) is 0 Å². The third-order valence-electron chi connectivity index (χ3n) is 4.08. The van der Waals surface area contributed by atoms with Crippen molar-refractivity contribution in [1.29, 1.82) is 0 Å². The van der Waals surface area contributed by atoms with Crippen LogP contribution in [0.4, 0.5) is 0 Å². The Morgan fingerprint density at radius 2 is 1.73 bits per heavy atom. The van der Waals surface area contributed by atoms with Gasteiger partial charge in [-0.05, 0) is 32.9 Å². The highest BCUT2D eigenvalue weighted by Crippen LogP contribution is 2.14. The number of rotatable bonds is 6. The van der Waals surface area contributed by atoms with Crippen LogP contribution >= 0.6 is 0 Å².